The Kier molecular flexibility index (Phi) is 4.46. The third-order valence-corrected chi connectivity index (χ3v) is 3.09. The Hall–Kier alpha value is -1.79. The largest absolute Gasteiger partial charge is 0.369 e. The molecule has 2 N–H and O–H groups in total. The molecule has 0 spiro atoms. The molecule has 2 aromatic rings. The van der Waals surface area contributed by atoms with Crippen LogP contribution in [0.5, 0.6) is 0 Å². The van der Waals surface area contributed by atoms with Gasteiger partial charge in [-0.3, -0.25) is 4.79 Å². The molecule has 0 atom stereocenters. The first-order valence-corrected chi connectivity index (χ1v) is 6.70. The van der Waals surface area contributed by atoms with Crippen molar-refractivity contribution in [3.63, 3.8) is 0 Å². The number of carbonyl (C=O) groups is 1. The van der Waals surface area contributed by atoms with Crippen molar-refractivity contribution in [2.75, 3.05) is 18.9 Å². The molecule has 106 valence electrons. The first kappa shape index (κ1) is 14.6. The summed E-state index contributed by atoms with van der Waals surface area (Å²) in [6, 6.07) is 3.17. The van der Waals surface area contributed by atoms with Crippen LogP contribution in [0.2, 0.25) is 10.0 Å². The highest BCUT2D eigenvalue weighted by Crippen LogP contribution is 2.27. The van der Waals surface area contributed by atoms with Gasteiger partial charge in [0.05, 0.1) is 10.0 Å². The summed E-state index contributed by atoms with van der Waals surface area (Å²) in [7, 11) is 1.54. The van der Waals surface area contributed by atoms with Crippen LogP contribution in [0, 0.1) is 0 Å². The van der Waals surface area contributed by atoms with Gasteiger partial charge < -0.3 is 10.6 Å². The molecule has 20 heavy (non-hydrogen) atoms. The predicted octanol–water partition coefficient (Wildman–Crippen LogP) is 2.37. The van der Waals surface area contributed by atoms with E-state index >= 15 is 0 Å². The zero-order chi connectivity index (χ0) is 14.7. The fraction of sp³-hybridized carbons (Fsp3) is 0.250. The topological polar surface area (TPSA) is 71.8 Å². The van der Waals surface area contributed by atoms with Gasteiger partial charge >= 0.3 is 0 Å². The lowest BCUT2D eigenvalue weighted by Gasteiger charge is -2.09. The Balaban J connectivity index is 2.44. The molecule has 0 aliphatic rings. The SMILES string of the molecule is CCNc1nc(-n2ccc(C(=O)NC)n2)c(Cl)cc1Cl. The number of aromatic nitrogens is 3. The smallest absolute Gasteiger partial charge is 0.271 e. The van der Waals surface area contributed by atoms with Crippen molar-refractivity contribution in [3.8, 4) is 5.82 Å². The summed E-state index contributed by atoms with van der Waals surface area (Å²) in [4.78, 5) is 15.8. The molecule has 0 unspecified atom stereocenters. The first-order chi connectivity index (χ1) is 9.56. The highest BCUT2D eigenvalue weighted by atomic mass is 35.5. The van der Waals surface area contributed by atoms with Crippen molar-refractivity contribution in [1.29, 1.82) is 0 Å². The van der Waals surface area contributed by atoms with Crippen LogP contribution in [-0.2, 0) is 0 Å². The van der Waals surface area contributed by atoms with Crippen molar-refractivity contribution < 1.29 is 4.79 Å². The number of carbonyl (C=O) groups excluding carboxylic acids is 1. The average Bonchev–Trinajstić information content (AvgIpc) is 2.90. The summed E-state index contributed by atoms with van der Waals surface area (Å²) < 4.78 is 1.43. The fourth-order valence-electron chi connectivity index (χ4n) is 1.60. The van der Waals surface area contributed by atoms with Crippen LogP contribution in [0.15, 0.2) is 18.3 Å². The van der Waals surface area contributed by atoms with Gasteiger partial charge in [0.1, 0.15) is 5.82 Å². The maximum absolute atomic E-state index is 11.5. The minimum atomic E-state index is -0.277. The van der Waals surface area contributed by atoms with Gasteiger partial charge in [0.15, 0.2) is 11.5 Å². The van der Waals surface area contributed by atoms with E-state index in [1.807, 2.05) is 6.92 Å². The third-order valence-electron chi connectivity index (χ3n) is 2.52. The van der Waals surface area contributed by atoms with Crippen LogP contribution in [0.4, 0.5) is 5.82 Å². The first-order valence-electron chi connectivity index (χ1n) is 5.94. The summed E-state index contributed by atoms with van der Waals surface area (Å²) in [6.45, 7) is 2.61. The number of nitrogens with zero attached hydrogens (tertiary/aromatic N) is 3. The van der Waals surface area contributed by atoms with Crippen molar-refractivity contribution in [3.05, 3.63) is 34.1 Å². The Morgan fingerprint density at radius 1 is 1.40 bits per heavy atom. The van der Waals surface area contributed by atoms with Crippen LogP contribution in [0.25, 0.3) is 5.82 Å². The van der Waals surface area contributed by atoms with E-state index < -0.39 is 0 Å². The summed E-state index contributed by atoms with van der Waals surface area (Å²) in [5, 5.41) is 10.4. The Labute approximate surface area is 126 Å². The molecule has 1 amide bonds. The summed E-state index contributed by atoms with van der Waals surface area (Å²) in [6.07, 6.45) is 1.61. The van der Waals surface area contributed by atoms with Crippen LogP contribution in [-0.4, -0.2) is 34.3 Å². The molecule has 2 heterocycles. The van der Waals surface area contributed by atoms with Gasteiger partial charge in [0, 0.05) is 19.8 Å². The van der Waals surface area contributed by atoms with Gasteiger partial charge in [-0.05, 0) is 19.1 Å². The monoisotopic (exact) mass is 313 g/mol. The maximum atomic E-state index is 11.5. The van der Waals surface area contributed by atoms with Gasteiger partial charge in [0.25, 0.3) is 5.91 Å². The van der Waals surface area contributed by atoms with Crippen LogP contribution in [0.3, 0.4) is 0 Å². The van der Waals surface area contributed by atoms with E-state index in [1.54, 1.807) is 18.3 Å². The minimum absolute atomic E-state index is 0.277. The van der Waals surface area contributed by atoms with Gasteiger partial charge in [-0.15, -0.1) is 0 Å². The lowest BCUT2D eigenvalue weighted by atomic mass is 10.4. The molecule has 0 aromatic carbocycles. The van der Waals surface area contributed by atoms with Gasteiger partial charge in [0.2, 0.25) is 0 Å². The van der Waals surface area contributed by atoms with E-state index in [2.05, 4.69) is 20.7 Å². The second-order valence-electron chi connectivity index (χ2n) is 3.88. The molecule has 0 saturated heterocycles. The Morgan fingerprint density at radius 3 is 2.80 bits per heavy atom. The third kappa shape index (κ3) is 2.86. The molecule has 0 saturated carbocycles. The van der Waals surface area contributed by atoms with E-state index in [4.69, 9.17) is 23.2 Å². The van der Waals surface area contributed by atoms with E-state index in [9.17, 15) is 4.79 Å². The molecule has 0 bridgehead atoms. The molecule has 0 fully saturated rings. The van der Waals surface area contributed by atoms with E-state index in [0.717, 1.165) is 0 Å². The van der Waals surface area contributed by atoms with Crippen molar-refractivity contribution in [2.45, 2.75) is 6.92 Å². The van der Waals surface area contributed by atoms with E-state index in [0.29, 0.717) is 28.2 Å². The predicted molar refractivity (Wildman–Crippen MR) is 78.9 cm³/mol. The summed E-state index contributed by atoms with van der Waals surface area (Å²) in [5.41, 5.74) is 0.283. The molecular formula is C12H13Cl2N5O. The molecule has 0 aliphatic carbocycles. The van der Waals surface area contributed by atoms with Crippen LogP contribution < -0.4 is 10.6 Å². The molecule has 8 heteroatoms. The number of halogens is 2. The number of amides is 1. The minimum Gasteiger partial charge on any atom is -0.369 e. The van der Waals surface area contributed by atoms with Crippen molar-refractivity contribution >= 4 is 34.9 Å². The lowest BCUT2D eigenvalue weighted by Crippen LogP contribution is -2.18. The van der Waals surface area contributed by atoms with Crippen molar-refractivity contribution in [1.82, 2.24) is 20.1 Å². The average molecular weight is 314 g/mol. The Bertz CT molecular complexity index is 641. The number of anilines is 1. The van der Waals surface area contributed by atoms with Crippen LogP contribution in [0.1, 0.15) is 17.4 Å². The number of hydrogen-bond acceptors (Lipinski definition) is 4. The molecule has 0 aliphatic heterocycles. The van der Waals surface area contributed by atoms with Crippen molar-refractivity contribution in [2.24, 2.45) is 0 Å². The highest BCUT2D eigenvalue weighted by Gasteiger charge is 2.14. The molecular weight excluding hydrogens is 301 g/mol. The fourth-order valence-corrected chi connectivity index (χ4v) is 2.11. The molecule has 0 radical (unpaired) electrons. The number of pyridine rings is 1. The highest BCUT2D eigenvalue weighted by molar-refractivity contribution is 6.36. The zero-order valence-electron chi connectivity index (χ0n) is 10.9. The molecule has 2 aromatic heterocycles. The van der Waals surface area contributed by atoms with Gasteiger partial charge in [-0.2, -0.15) is 5.10 Å². The molecule has 2 rings (SSSR count). The van der Waals surface area contributed by atoms with E-state index in [-0.39, 0.29) is 11.6 Å². The van der Waals surface area contributed by atoms with Crippen LogP contribution >= 0.6 is 23.2 Å². The molecule has 6 nitrogen and oxygen atoms in total. The second-order valence-corrected chi connectivity index (χ2v) is 4.69. The summed E-state index contributed by atoms with van der Waals surface area (Å²) in [5.74, 6) is 0.647. The lowest BCUT2D eigenvalue weighted by molar-refractivity contribution is 0.0957. The standard InChI is InChI=1S/C12H13Cl2N5O/c1-3-16-10-7(13)6-8(14)11(17-10)19-5-4-9(18-19)12(20)15-2/h4-6H,3H2,1-2H3,(H,15,20)(H,16,17). The number of hydrogen-bond donors (Lipinski definition) is 2. The van der Waals surface area contributed by atoms with Gasteiger partial charge in [-0.25, -0.2) is 9.67 Å². The number of rotatable bonds is 4. The summed E-state index contributed by atoms with van der Waals surface area (Å²) >= 11 is 12.2. The quantitative estimate of drug-likeness (QED) is 0.909. The normalized spacial score (nSPS) is 10.4. The zero-order valence-corrected chi connectivity index (χ0v) is 12.5. The Morgan fingerprint density at radius 2 is 2.15 bits per heavy atom. The number of nitrogens with one attached hydrogen (secondary N) is 2. The van der Waals surface area contributed by atoms with Gasteiger partial charge in [-0.1, -0.05) is 23.2 Å². The second kappa shape index (κ2) is 6.11. The maximum Gasteiger partial charge on any atom is 0.271 e. The van der Waals surface area contributed by atoms with E-state index in [1.165, 1.54) is 11.7 Å².